The van der Waals surface area contributed by atoms with E-state index in [2.05, 4.69) is 4.99 Å². The van der Waals surface area contributed by atoms with Gasteiger partial charge in [0.15, 0.2) is 11.5 Å². The average molecular weight is 581 g/mol. The van der Waals surface area contributed by atoms with E-state index in [0.29, 0.717) is 11.1 Å². The number of anilines is 1. The van der Waals surface area contributed by atoms with E-state index in [9.17, 15) is 35.8 Å². The van der Waals surface area contributed by atoms with Gasteiger partial charge in [-0.15, -0.1) is 0 Å². The van der Waals surface area contributed by atoms with E-state index in [0.717, 1.165) is 17.0 Å². The number of aliphatic imine (C=N–C) groups is 1. The molecular formula is C27H20N2O9S2. The number of hydrogen-bond donors (Lipinski definition) is 3. The lowest BCUT2D eigenvalue weighted by Gasteiger charge is -2.22. The van der Waals surface area contributed by atoms with Crippen molar-refractivity contribution in [2.45, 2.75) is 9.79 Å². The molecule has 0 bridgehead atoms. The lowest BCUT2D eigenvalue weighted by Crippen LogP contribution is -2.34. The van der Waals surface area contributed by atoms with E-state index in [4.69, 9.17) is 4.74 Å². The molecule has 13 heteroatoms. The molecule has 1 aliphatic rings. The highest BCUT2D eigenvalue weighted by Crippen LogP contribution is 2.39. The number of carbonyl (C=O) groups excluding carboxylic acids is 1. The Morgan fingerprint density at radius 3 is 2.23 bits per heavy atom. The zero-order valence-corrected chi connectivity index (χ0v) is 22.2. The van der Waals surface area contributed by atoms with Gasteiger partial charge in [0.2, 0.25) is 0 Å². The third kappa shape index (κ3) is 4.82. The molecule has 204 valence electrons. The molecule has 0 aliphatic carbocycles. The molecule has 0 radical (unpaired) electrons. The standard InChI is InChI=1S/C27H20N2O9S2/c1-38-23-15-16(10-13-22(23)30)14-20-27(31)29(26(28-20)17-6-3-2-4-7-17)21-12-11-18-19(25(21)40(35,36)37)8-5-9-24(18)39(32,33)34/h2-15,30H,1H3,(H,32,33,34)(H,35,36,37)/b20-14-. The van der Waals surface area contributed by atoms with Crippen LogP contribution in [0.15, 0.2) is 99.3 Å². The Kier molecular flexibility index (Phi) is 6.67. The van der Waals surface area contributed by atoms with Gasteiger partial charge in [-0.1, -0.05) is 54.6 Å². The van der Waals surface area contributed by atoms with Crippen molar-refractivity contribution in [2.24, 2.45) is 4.99 Å². The second-order valence-corrected chi connectivity index (χ2v) is 11.4. The first-order valence-electron chi connectivity index (χ1n) is 11.5. The minimum absolute atomic E-state index is 0.0396. The smallest absolute Gasteiger partial charge is 0.297 e. The number of amidine groups is 1. The molecule has 5 rings (SSSR count). The highest BCUT2D eigenvalue weighted by atomic mass is 32.2. The lowest BCUT2D eigenvalue weighted by atomic mass is 10.1. The molecule has 0 spiro atoms. The van der Waals surface area contributed by atoms with E-state index in [1.54, 1.807) is 30.3 Å². The summed E-state index contributed by atoms with van der Waals surface area (Å²) < 4.78 is 74.4. The maximum atomic E-state index is 13.8. The van der Waals surface area contributed by atoms with Gasteiger partial charge in [-0.2, -0.15) is 16.8 Å². The average Bonchev–Trinajstić information content (AvgIpc) is 3.23. The fourth-order valence-electron chi connectivity index (χ4n) is 4.42. The van der Waals surface area contributed by atoms with Gasteiger partial charge in [0.1, 0.15) is 21.3 Å². The second kappa shape index (κ2) is 9.88. The Balaban J connectivity index is 1.78. The number of amides is 1. The minimum Gasteiger partial charge on any atom is -0.504 e. The van der Waals surface area contributed by atoms with Crippen molar-refractivity contribution in [3.8, 4) is 11.5 Å². The molecule has 1 amide bonds. The molecule has 4 aromatic rings. The summed E-state index contributed by atoms with van der Waals surface area (Å²) in [4.78, 5) is 18.0. The van der Waals surface area contributed by atoms with E-state index < -0.39 is 35.9 Å². The Hall–Kier alpha value is -4.56. The zero-order valence-electron chi connectivity index (χ0n) is 20.6. The molecule has 40 heavy (non-hydrogen) atoms. The van der Waals surface area contributed by atoms with Gasteiger partial charge < -0.3 is 9.84 Å². The molecule has 0 fully saturated rings. The van der Waals surface area contributed by atoms with Gasteiger partial charge >= 0.3 is 0 Å². The third-order valence-corrected chi connectivity index (χ3v) is 7.98. The SMILES string of the molecule is COc1cc(/C=C2\N=C(c3ccccc3)N(c3ccc4c(S(=O)(=O)O)cccc4c3S(=O)(=O)O)C2=O)ccc1O. The van der Waals surface area contributed by atoms with Crippen LogP contribution in [0.3, 0.4) is 0 Å². The fraction of sp³-hybridized carbons (Fsp3) is 0.0370. The normalized spacial score (nSPS) is 15.1. The van der Waals surface area contributed by atoms with Crippen LogP contribution in [0, 0.1) is 0 Å². The summed E-state index contributed by atoms with van der Waals surface area (Å²) in [7, 11) is -8.46. The molecule has 3 N–H and O–H groups in total. The zero-order chi connectivity index (χ0) is 28.8. The molecule has 1 aliphatic heterocycles. The molecule has 0 saturated carbocycles. The molecule has 0 unspecified atom stereocenters. The highest BCUT2D eigenvalue weighted by Gasteiger charge is 2.37. The van der Waals surface area contributed by atoms with Crippen LogP contribution < -0.4 is 9.64 Å². The number of carbonyl (C=O) groups is 1. The monoisotopic (exact) mass is 580 g/mol. The van der Waals surface area contributed by atoms with Crippen LogP contribution >= 0.6 is 0 Å². The van der Waals surface area contributed by atoms with E-state index >= 15 is 0 Å². The van der Waals surface area contributed by atoms with E-state index in [-0.39, 0.29) is 39.5 Å². The van der Waals surface area contributed by atoms with Gasteiger partial charge in [-0.3, -0.25) is 18.8 Å². The molecule has 0 atom stereocenters. The summed E-state index contributed by atoms with van der Waals surface area (Å²) in [6.45, 7) is 0. The van der Waals surface area contributed by atoms with Crippen molar-refractivity contribution in [1.82, 2.24) is 0 Å². The third-order valence-electron chi connectivity index (χ3n) is 6.13. The van der Waals surface area contributed by atoms with Gasteiger partial charge in [-0.05, 0) is 35.9 Å². The number of benzene rings is 4. The molecular weight excluding hydrogens is 560 g/mol. The highest BCUT2D eigenvalue weighted by molar-refractivity contribution is 7.86. The second-order valence-electron chi connectivity index (χ2n) is 8.62. The first-order chi connectivity index (χ1) is 18.9. The number of rotatable bonds is 6. The molecule has 11 nitrogen and oxygen atoms in total. The van der Waals surface area contributed by atoms with Crippen LogP contribution in [0.2, 0.25) is 0 Å². The maximum absolute atomic E-state index is 13.8. The molecule has 0 aromatic heterocycles. The van der Waals surface area contributed by atoms with Crippen molar-refractivity contribution in [3.63, 3.8) is 0 Å². The summed E-state index contributed by atoms with van der Waals surface area (Å²) in [6.07, 6.45) is 1.41. The van der Waals surface area contributed by atoms with Crippen LogP contribution in [0.1, 0.15) is 11.1 Å². The number of aromatic hydroxyl groups is 1. The Morgan fingerprint density at radius 1 is 0.850 bits per heavy atom. The summed E-state index contributed by atoms with van der Waals surface area (Å²) in [5.74, 6) is -0.670. The van der Waals surface area contributed by atoms with Crippen molar-refractivity contribution in [1.29, 1.82) is 0 Å². The fourth-order valence-corrected chi connectivity index (χ4v) is 6.01. The number of hydrogen-bond acceptors (Lipinski definition) is 8. The number of fused-ring (bicyclic) bond motifs is 1. The van der Waals surface area contributed by atoms with Crippen molar-refractivity contribution in [2.75, 3.05) is 12.0 Å². The molecule has 1 heterocycles. The summed E-state index contributed by atoms with van der Waals surface area (Å²) in [5, 5.41) is 9.49. The van der Waals surface area contributed by atoms with Crippen LogP contribution in [0.5, 0.6) is 11.5 Å². The first-order valence-corrected chi connectivity index (χ1v) is 14.4. The predicted molar refractivity (Wildman–Crippen MR) is 147 cm³/mol. The largest absolute Gasteiger partial charge is 0.504 e. The predicted octanol–water partition coefficient (Wildman–Crippen LogP) is 3.88. The van der Waals surface area contributed by atoms with Crippen LogP contribution in [0.25, 0.3) is 16.8 Å². The summed E-state index contributed by atoms with van der Waals surface area (Å²) >= 11 is 0. The summed E-state index contributed by atoms with van der Waals surface area (Å²) in [6, 6.07) is 18.7. The Morgan fingerprint density at radius 2 is 1.57 bits per heavy atom. The van der Waals surface area contributed by atoms with Gasteiger partial charge in [-0.25, -0.2) is 4.99 Å². The number of phenols is 1. The Labute approximate surface area is 228 Å². The number of ether oxygens (including phenoxy) is 1. The van der Waals surface area contributed by atoms with Crippen molar-refractivity contribution in [3.05, 3.63) is 95.7 Å². The van der Waals surface area contributed by atoms with E-state index in [1.807, 2.05) is 0 Å². The first kappa shape index (κ1) is 27.0. The van der Waals surface area contributed by atoms with Crippen LogP contribution in [0.4, 0.5) is 5.69 Å². The quantitative estimate of drug-likeness (QED) is 0.226. The van der Waals surface area contributed by atoms with Gasteiger partial charge in [0.05, 0.1) is 12.8 Å². The molecule has 4 aromatic carbocycles. The van der Waals surface area contributed by atoms with Crippen LogP contribution in [-0.2, 0) is 25.0 Å². The van der Waals surface area contributed by atoms with Crippen molar-refractivity contribution >= 4 is 54.5 Å². The number of phenolic OH excluding ortho intramolecular Hbond substituents is 1. The molecule has 0 saturated heterocycles. The maximum Gasteiger partial charge on any atom is 0.297 e. The summed E-state index contributed by atoms with van der Waals surface area (Å²) in [5.41, 5.74) is 0.499. The van der Waals surface area contributed by atoms with E-state index in [1.165, 1.54) is 49.6 Å². The van der Waals surface area contributed by atoms with Gasteiger partial charge in [0.25, 0.3) is 26.1 Å². The Bertz CT molecular complexity index is 1970. The topological polar surface area (TPSA) is 171 Å². The van der Waals surface area contributed by atoms with Gasteiger partial charge in [0, 0.05) is 16.3 Å². The number of methoxy groups -OCH3 is 1. The number of nitrogens with zero attached hydrogens (tertiary/aromatic N) is 2. The lowest BCUT2D eigenvalue weighted by molar-refractivity contribution is -0.113. The van der Waals surface area contributed by atoms with Crippen LogP contribution in [-0.4, -0.2) is 49.9 Å². The minimum atomic E-state index is -5.07. The van der Waals surface area contributed by atoms with Crippen molar-refractivity contribution < 1.29 is 40.6 Å².